The molecule has 1 atom stereocenters. The highest BCUT2D eigenvalue weighted by molar-refractivity contribution is 6.08. The molecule has 1 aliphatic heterocycles. The van der Waals surface area contributed by atoms with Gasteiger partial charge in [0.15, 0.2) is 0 Å². The summed E-state index contributed by atoms with van der Waals surface area (Å²) < 4.78 is 46.2. The van der Waals surface area contributed by atoms with Gasteiger partial charge in [-0.3, -0.25) is 9.89 Å². The number of carbonyl (C=O) groups excluding carboxylic acids is 1. The molecule has 2 aromatic heterocycles. The number of pyridine rings is 1. The summed E-state index contributed by atoms with van der Waals surface area (Å²) in [6.45, 7) is 0.922. The predicted octanol–water partition coefficient (Wildman–Crippen LogP) is 5.10. The predicted molar refractivity (Wildman–Crippen MR) is 130 cm³/mol. The third-order valence-corrected chi connectivity index (χ3v) is 5.90. The van der Waals surface area contributed by atoms with E-state index in [1.165, 1.54) is 18.3 Å². The van der Waals surface area contributed by atoms with Gasteiger partial charge >= 0.3 is 6.18 Å². The molecule has 1 fully saturated rings. The van der Waals surface area contributed by atoms with E-state index in [4.69, 9.17) is 4.74 Å². The summed E-state index contributed by atoms with van der Waals surface area (Å²) in [6, 6.07) is 12.0. The zero-order valence-corrected chi connectivity index (χ0v) is 19.0. The number of aromatic amines is 1. The van der Waals surface area contributed by atoms with E-state index in [2.05, 4.69) is 31.1 Å². The van der Waals surface area contributed by atoms with E-state index in [1.807, 2.05) is 18.2 Å². The van der Waals surface area contributed by atoms with Gasteiger partial charge in [-0.2, -0.15) is 18.3 Å². The Morgan fingerprint density at radius 2 is 2.00 bits per heavy atom. The molecule has 2 aromatic carbocycles. The smallest absolute Gasteiger partial charge is 0.419 e. The molecule has 8 nitrogen and oxygen atoms in total. The van der Waals surface area contributed by atoms with Gasteiger partial charge in [0, 0.05) is 35.1 Å². The number of amides is 1. The summed E-state index contributed by atoms with van der Waals surface area (Å²) in [5.74, 6) is -0.563. The minimum absolute atomic E-state index is 0.00524. The number of fused-ring (bicyclic) bond motifs is 1. The molecule has 0 unspecified atom stereocenters. The highest BCUT2D eigenvalue weighted by Crippen LogP contribution is 2.38. The van der Waals surface area contributed by atoms with Crippen molar-refractivity contribution >= 4 is 34.0 Å². The summed E-state index contributed by atoms with van der Waals surface area (Å²) in [6.07, 6.45) is 0.437. The third kappa shape index (κ3) is 5.25. The number of hydrogen-bond acceptors (Lipinski definition) is 6. The molecule has 0 radical (unpaired) electrons. The van der Waals surface area contributed by atoms with Gasteiger partial charge in [-0.15, -0.1) is 0 Å². The van der Waals surface area contributed by atoms with Crippen LogP contribution >= 0.6 is 0 Å². The maximum absolute atomic E-state index is 13.5. The van der Waals surface area contributed by atoms with E-state index in [-0.39, 0.29) is 29.6 Å². The van der Waals surface area contributed by atoms with Crippen molar-refractivity contribution in [2.75, 3.05) is 23.8 Å². The number of ether oxygens (including phenoxy) is 1. The first-order valence-corrected chi connectivity index (χ1v) is 11.4. The van der Waals surface area contributed by atoms with Crippen molar-refractivity contribution in [3.8, 4) is 5.75 Å². The zero-order chi connectivity index (χ0) is 25.1. The maximum atomic E-state index is 13.5. The number of aromatic nitrogens is 3. The van der Waals surface area contributed by atoms with Crippen LogP contribution in [0.15, 0.2) is 60.9 Å². The molecule has 1 amide bonds. The van der Waals surface area contributed by atoms with E-state index in [0.717, 1.165) is 36.4 Å². The lowest BCUT2D eigenvalue weighted by Crippen LogP contribution is -2.28. The quantitative estimate of drug-likeness (QED) is 0.284. The van der Waals surface area contributed by atoms with Crippen molar-refractivity contribution in [3.05, 3.63) is 72.1 Å². The molecule has 0 aliphatic carbocycles. The molecule has 36 heavy (non-hydrogen) atoms. The van der Waals surface area contributed by atoms with Crippen LogP contribution in [0.2, 0.25) is 0 Å². The maximum Gasteiger partial charge on any atom is 0.419 e. The first kappa shape index (κ1) is 23.6. The fraction of sp³-hybridized carbons (Fsp3) is 0.240. The number of nitrogens with zero attached hydrogens (tertiary/aromatic N) is 2. The molecule has 186 valence electrons. The molecule has 5 rings (SSSR count). The van der Waals surface area contributed by atoms with Crippen LogP contribution in [0.1, 0.15) is 28.8 Å². The second-order valence-electron chi connectivity index (χ2n) is 8.46. The lowest BCUT2D eigenvalue weighted by atomic mass is 10.1. The van der Waals surface area contributed by atoms with Crippen LogP contribution in [0, 0.1) is 0 Å². The summed E-state index contributed by atoms with van der Waals surface area (Å²) in [5, 5.41) is 16.8. The van der Waals surface area contributed by atoms with Crippen LogP contribution in [0.4, 0.5) is 30.4 Å². The average molecular weight is 496 g/mol. The second-order valence-corrected chi connectivity index (χ2v) is 8.46. The van der Waals surface area contributed by atoms with Crippen molar-refractivity contribution in [2.24, 2.45) is 0 Å². The molecule has 0 bridgehead atoms. The van der Waals surface area contributed by atoms with Gasteiger partial charge in [0.05, 0.1) is 22.8 Å². The van der Waals surface area contributed by atoms with Gasteiger partial charge in [-0.05, 0) is 61.9 Å². The van der Waals surface area contributed by atoms with Crippen LogP contribution in [-0.2, 0) is 6.18 Å². The van der Waals surface area contributed by atoms with Crippen LogP contribution in [0.5, 0.6) is 5.75 Å². The normalized spacial score (nSPS) is 15.7. The van der Waals surface area contributed by atoms with Crippen molar-refractivity contribution in [1.82, 2.24) is 20.5 Å². The van der Waals surface area contributed by atoms with Crippen molar-refractivity contribution in [3.63, 3.8) is 0 Å². The summed E-state index contributed by atoms with van der Waals surface area (Å²) in [5.41, 5.74) is 1.00. The van der Waals surface area contributed by atoms with Gasteiger partial charge in [-0.25, -0.2) is 4.98 Å². The van der Waals surface area contributed by atoms with Crippen molar-refractivity contribution in [1.29, 1.82) is 0 Å². The van der Waals surface area contributed by atoms with Crippen molar-refractivity contribution in [2.45, 2.75) is 25.1 Å². The zero-order valence-electron chi connectivity index (χ0n) is 19.0. The third-order valence-electron chi connectivity index (χ3n) is 5.90. The molecular formula is C25H23F3N6O2. The molecular weight excluding hydrogens is 473 g/mol. The molecule has 0 spiro atoms. The molecule has 0 saturated carbocycles. The standard InChI is InChI=1S/C25H23F3N6O2/c26-25(27,28)20-8-7-17(12-22(20)36-14-18-3-1-9-29-18)33-24(35)19-4-2-10-30-23(19)32-16-6-5-15-13-31-34-21(15)11-16/h2,4-8,10-13,18,29H,1,3,9,14H2,(H,30,32)(H,31,34)(H,33,35)/t18-/m1/s1. The molecule has 4 aromatic rings. The Balaban J connectivity index is 1.35. The number of alkyl halides is 3. The molecule has 1 aliphatic rings. The highest BCUT2D eigenvalue weighted by atomic mass is 19.4. The number of nitrogens with one attached hydrogen (secondary N) is 4. The van der Waals surface area contributed by atoms with Crippen LogP contribution in [0.25, 0.3) is 10.9 Å². The molecule has 4 N–H and O–H groups in total. The Labute approximate surface area is 204 Å². The average Bonchev–Trinajstić information content (AvgIpc) is 3.54. The number of rotatable bonds is 7. The number of H-pyrrole nitrogens is 1. The SMILES string of the molecule is O=C(Nc1ccc(C(F)(F)F)c(OC[C@H]2CCCN2)c1)c1cccnc1Nc1ccc2cn[nH]c2c1. The van der Waals surface area contributed by atoms with Gasteiger partial charge in [0.2, 0.25) is 0 Å². The Bertz CT molecular complexity index is 1380. The number of carbonyl (C=O) groups is 1. The van der Waals surface area contributed by atoms with Crippen LogP contribution in [-0.4, -0.2) is 40.3 Å². The Morgan fingerprint density at radius 3 is 2.81 bits per heavy atom. The van der Waals surface area contributed by atoms with Gasteiger partial charge in [0.25, 0.3) is 5.91 Å². The summed E-state index contributed by atoms with van der Waals surface area (Å²) in [7, 11) is 0. The number of halogens is 3. The fourth-order valence-electron chi connectivity index (χ4n) is 4.08. The van der Waals surface area contributed by atoms with Crippen molar-refractivity contribution < 1.29 is 22.7 Å². The summed E-state index contributed by atoms with van der Waals surface area (Å²) >= 11 is 0. The highest BCUT2D eigenvalue weighted by Gasteiger charge is 2.35. The van der Waals surface area contributed by atoms with E-state index in [0.29, 0.717) is 11.5 Å². The topological polar surface area (TPSA) is 104 Å². The van der Waals surface area contributed by atoms with Gasteiger partial charge in [-0.1, -0.05) is 0 Å². The molecule has 11 heteroatoms. The Morgan fingerprint density at radius 1 is 1.14 bits per heavy atom. The van der Waals surface area contributed by atoms with Crippen LogP contribution < -0.4 is 20.7 Å². The Kier molecular flexibility index (Phi) is 6.47. The van der Waals surface area contributed by atoms with E-state index in [9.17, 15) is 18.0 Å². The first-order chi connectivity index (χ1) is 17.4. The number of hydrogen-bond donors (Lipinski definition) is 4. The Hall–Kier alpha value is -4.12. The van der Waals surface area contributed by atoms with E-state index >= 15 is 0 Å². The minimum Gasteiger partial charge on any atom is -0.491 e. The van der Waals surface area contributed by atoms with E-state index < -0.39 is 17.6 Å². The number of benzene rings is 2. The molecule has 1 saturated heterocycles. The van der Waals surface area contributed by atoms with Crippen LogP contribution in [0.3, 0.4) is 0 Å². The fourth-order valence-corrected chi connectivity index (χ4v) is 4.08. The minimum atomic E-state index is -4.59. The number of anilines is 3. The second kappa shape index (κ2) is 9.86. The van der Waals surface area contributed by atoms with E-state index in [1.54, 1.807) is 18.3 Å². The lowest BCUT2D eigenvalue weighted by Gasteiger charge is -2.18. The van der Waals surface area contributed by atoms with Gasteiger partial charge in [0.1, 0.15) is 18.2 Å². The molecule has 3 heterocycles. The monoisotopic (exact) mass is 496 g/mol. The first-order valence-electron chi connectivity index (χ1n) is 11.4. The summed E-state index contributed by atoms with van der Waals surface area (Å²) in [4.78, 5) is 17.3. The van der Waals surface area contributed by atoms with Gasteiger partial charge < -0.3 is 20.7 Å². The largest absolute Gasteiger partial charge is 0.491 e. The lowest BCUT2D eigenvalue weighted by molar-refractivity contribution is -0.139.